The third-order valence-corrected chi connectivity index (χ3v) is 4.31. The maximum Gasteiger partial charge on any atom is 0.107 e. The number of aromatic nitrogens is 1. The van der Waals surface area contributed by atoms with E-state index in [0.29, 0.717) is 12.5 Å². The van der Waals surface area contributed by atoms with Gasteiger partial charge in [0.15, 0.2) is 0 Å². The van der Waals surface area contributed by atoms with Crippen molar-refractivity contribution in [1.82, 2.24) is 4.98 Å². The Bertz CT molecular complexity index is 512. The Hall–Kier alpha value is -1.19. The van der Waals surface area contributed by atoms with Gasteiger partial charge in [0.2, 0.25) is 0 Å². The first-order valence-corrected chi connectivity index (χ1v) is 7.26. The van der Waals surface area contributed by atoms with Crippen molar-refractivity contribution in [3.63, 3.8) is 0 Å². The molecule has 0 saturated heterocycles. The fraction of sp³-hybridized carbons (Fsp3) is 0.400. The summed E-state index contributed by atoms with van der Waals surface area (Å²) in [5.41, 5.74) is 9.35. The van der Waals surface area contributed by atoms with E-state index in [0.717, 1.165) is 17.1 Å². The van der Waals surface area contributed by atoms with Gasteiger partial charge in [0.05, 0.1) is 5.69 Å². The predicted molar refractivity (Wildman–Crippen MR) is 78.9 cm³/mol. The Morgan fingerprint density at radius 1 is 1.22 bits per heavy atom. The normalized spacial score (nSPS) is 11.2. The fourth-order valence-corrected chi connectivity index (χ4v) is 2.89. The smallest absolute Gasteiger partial charge is 0.107 e. The van der Waals surface area contributed by atoms with Crippen LogP contribution in [0.2, 0.25) is 0 Å². The summed E-state index contributed by atoms with van der Waals surface area (Å²) < 4.78 is 0. The number of rotatable bonds is 4. The van der Waals surface area contributed by atoms with E-state index in [1.165, 1.54) is 16.0 Å². The molecular formula is C15H20N2S. The number of hydrogen-bond donors (Lipinski definition) is 1. The highest BCUT2D eigenvalue weighted by Crippen LogP contribution is 2.29. The lowest BCUT2D eigenvalue weighted by Gasteiger charge is -2.06. The topological polar surface area (TPSA) is 38.9 Å². The van der Waals surface area contributed by atoms with Crippen molar-refractivity contribution < 1.29 is 0 Å². The third-order valence-electron chi connectivity index (χ3n) is 3.09. The number of nitrogens with two attached hydrogens (primary N) is 1. The van der Waals surface area contributed by atoms with Gasteiger partial charge in [0.25, 0.3) is 0 Å². The van der Waals surface area contributed by atoms with E-state index in [2.05, 4.69) is 50.0 Å². The Morgan fingerprint density at radius 3 is 2.39 bits per heavy atom. The Balaban J connectivity index is 2.38. The number of benzene rings is 1. The van der Waals surface area contributed by atoms with Gasteiger partial charge >= 0.3 is 0 Å². The van der Waals surface area contributed by atoms with Crippen LogP contribution in [-0.2, 0) is 13.0 Å². The minimum Gasteiger partial charge on any atom is -0.325 e. The molecule has 0 amide bonds. The molecule has 1 aromatic heterocycles. The number of aryl methyl sites for hydroxylation is 1. The van der Waals surface area contributed by atoms with Crippen LogP contribution < -0.4 is 5.73 Å². The molecule has 0 aliphatic carbocycles. The van der Waals surface area contributed by atoms with Gasteiger partial charge in [-0.2, -0.15) is 0 Å². The molecule has 1 heterocycles. The average Bonchev–Trinajstić information content (AvgIpc) is 2.82. The van der Waals surface area contributed by atoms with Gasteiger partial charge in [-0.1, -0.05) is 45.0 Å². The van der Waals surface area contributed by atoms with E-state index in [1.54, 1.807) is 11.3 Å². The average molecular weight is 260 g/mol. The highest BCUT2D eigenvalue weighted by atomic mass is 32.1. The third kappa shape index (κ3) is 2.62. The van der Waals surface area contributed by atoms with Gasteiger partial charge in [-0.3, -0.25) is 0 Å². The van der Waals surface area contributed by atoms with E-state index in [9.17, 15) is 0 Å². The van der Waals surface area contributed by atoms with Gasteiger partial charge in [0, 0.05) is 17.0 Å². The monoisotopic (exact) mass is 260 g/mol. The Labute approximate surface area is 113 Å². The molecule has 0 aliphatic rings. The van der Waals surface area contributed by atoms with Crippen molar-refractivity contribution >= 4 is 11.3 Å². The van der Waals surface area contributed by atoms with Crippen LogP contribution >= 0.6 is 11.3 Å². The first-order valence-electron chi connectivity index (χ1n) is 6.44. The van der Waals surface area contributed by atoms with Crippen LogP contribution in [0.4, 0.5) is 0 Å². The quantitative estimate of drug-likeness (QED) is 0.904. The second-order valence-corrected chi connectivity index (χ2v) is 5.88. The van der Waals surface area contributed by atoms with Crippen LogP contribution in [0.25, 0.3) is 11.3 Å². The van der Waals surface area contributed by atoms with Crippen LogP contribution in [0.15, 0.2) is 24.3 Å². The molecule has 2 nitrogen and oxygen atoms in total. The maximum atomic E-state index is 5.68. The standard InChI is InChI=1S/C15H20N2S/c1-4-13-15(17-14(9-16)18-13)12-7-5-11(6-8-12)10(2)3/h5-8,10H,4,9,16H2,1-3H3. The Kier molecular flexibility index (Phi) is 4.15. The van der Waals surface area contributed by atoms with Crippen molar-refractivity contribution in [2.45, 2.75) is 39.7 Å². The minimum absolute atomic E-state index is 0.530. The molecule has 2 aromatic rings. The second-order valence-electron chi connectivity index (χ2n) is 4.71. The lowest BCUT2D eigenvalue weighted by atomic mass is 10.0. The minimum atomic E-state index is 0.530. The molecule has 0 atom stereocenters. The number of hydrogen-bond acceptors (Lipinski definition) is 3. The second kappa shape index (κ2) is 5.63. The van der Waals surface area contributed by atoms with Crippen LogP contribution in [0.3, 0.4) is 0 Å². The van der Waals surface area contributed by atoms with Gasteiger partial charge in [-0.05, 0) is 17.9 Å². The predicted octanol–water partition coefficient (Wildman–Crippen LogP) is 3.95. The van der Waals surface area contributed by atoms with Gasteiger partial charge < -0.3 is 5.73 Å². The lowest BCUT2D eigenvalue weighted by molar-refractivity contribution is 0.867. The van der Waals surface area contributed by atoms with Crippen molar-refractivity contribution in [2.75, 3.05) is 0 Å². The summed E-state index contributed by atoms with van der Waals surface area (Å²) >= 11 is 1.73. The van der Waals surface area contributed by atoms with E-state index in [4.69, 9.17) is 5.73 Å². The molecule has 1 aromatic carbocycles. The zero-order chi connectivity index (χ0) is 13.1. The molecule has 0 bridgehead atoms. The van der Waals surface area contributed by atoms with Crippen LogP contribution in [0, 0.1) is 0 Å². The fourth-order valence-electron chi connectivity index (χ4n) is 1.98. The first kappa shape index (κ1) is 13.2. The first-order chi connectivity index (χ1) is 8.65. The van der Waals surface area contributed by atoms with Crippen LogP contribution in [0.1, 0.15) is 42.1 Å². The summed E-state index contributed by atoms with van der Waals surface area (Å²) in [4.78, 5) is 5.96. The molecule has 0 fully saturated rings. The molecule has 0 unspecified atom stereocenters. The molecule has 0 aliphatic heterocycles. The van der Waals surface area contributed by atoms with Gasteiger partial charge in [-0.15, -0.1) is 11.3 Å². The SMILES string of the molecule is CCc1sc(CN)nc1-c1ccc(C(C)C)cc1. The van der Waals surface area contributed by atoms with Crippen molar-refractivity contribution in [1.29, 1.82) is 0 Å². The molecule has 2 rings (SSSR count). The van der Waals surface area contributed by atoms with Crippen LogP contribution in [0.5, 0.6) is 0 Å². The molecule has 0 saturated carbocycles. The van der Waals surface area contributed by atoms with Crippen LogP contribution in [-0.4, -0.2) is 4.98 Å². The molecule has 3 heteroatoms. The molecule has 2 N–H and O–H groups in total. The lowest BCUT2D eigenvalue weighted by Crippen LogP contribution is -1.94. The highest BCUT2D eigenvalue weighted by Gasteiger charge is 2.11. The zero-order valence-electron chi connectivity index (χ0n) is 11.2. The molecule has 0 spiro atoms. The van der Waals surface area contributed by atoms with Gasteiger partial charge in [-0.25, -0.2) is 4.98 Å². The molecular weight excluding hydrogens is 240 g/mol. The van der Waals surface area contributed by atoms with E-state index >= 15 is 0 Å². The van der Waals surface area contributed by atoms with E-state index < -0.39 is 0 Å². The Morgan fingerprint density at radius 2 is 1.89 bits per heavy atom. The molecule has 0 radical (unpaired) electrons. The summed E-state index contributed by atoms with van der Waals surface area (Å²) in [6.45, 7) is 7.12. The summed E-state index contributed by atoms with van der Waals surface area (Å²) in [5, 5.41) is 1.02. The summed E-state index contributed by atoms with van der Waals surface area (Å²) in [6, 6.07) is 8.73. The van der Waals surface area contributed by atoms with E-state index in [-0.39, 0.29) is 0 Å². The summed E-state index contributed by atoms with van der Waals surface area (Å²) in [6.07, 6.45) is 1.01. The van der Waals surface area contributed by atoms with E-state index in [1.807, 2.05) is 0 Å². The number of thiazole rings is 1. The van der Waals surface area contributed by atoms with Crippen molar-refractivity contribution in [3.05, 3.63) is 39.7 Å². The molecule has 18 heavy (non-hydrogen) atoms. The van der Waals surface area contributed by atoms with Crippen molar-refractivity contribution in [3.8, 4) is 11.3 Å². The largest absolute Gasteiger partial charge is 0.325 e. The summed E-state index contributed by atoms with van der Waals surface area (Å²) in [5.74, 6) is 0.569. The maximum absolute atomic E-state index is 5.68. The number of nitrogens with zero attached hydrogens (tertiary/aromatic N) is 1. The molecule has 96 valence electrons. The highest BCUT2D eigenvalue weighted by molar-refractivity contribution is 7.12. The van der Waals surface area contributed by atoms with Crippen molar-refractivity contribution in [2.24, 2.45) is 5.73 Å². The zero-order valence-corrected chi connectivity index (χ0v) is 12.1. The van der Waals surface area contributed by atoms with Gasteiger partial charge in [0.1, 0.15) is 5.01 Å². The summed E-state index contributed by atoms with van der Waals surface area (Å²) in [7, 11) is 0.